The Morgan fingerprint density at radius 1 is 1.36 bits per heavy atom. The molecule has 1 aromatic heterocycles. The normalized spacial score (nSPS) is 16.6. The number of carboxylic acid groups (broad SMARTS) is 1. The van der Waals surface area contributed by atoms with Gasteiger partial charge >= 0.3 is 5.97 Å². The number of amides is 1. The molecule has 0 radical (unpaired) electrons. The van der Waals surface area contributed by atoms with Crippen molar-refractivity contribution >= 4 is 34.8 Å². The van der Waals surface area contributed by atoms with Crippen molar-refractivity contribution in [1.82, 2.24) is 9.88 Å². The molecule has 1 aliphatic rings. The van der Waals surface area contributed by atoms with Crippen LogP contribution in [0.1, 0.15) is 59.5 Å². The van der Waals surface area contributed by atoms with Crippen molar-refractivity contribution in [2.75, 3.05) is 6.54 Å². The van der Waals surface area contributed by atoms with Crippen molar-refractivity contribution in [1.29, 1.82) is 0 Å². The molecule has 150 valence electrons. The summed E-state index contributed by atoms with van der Waals surface area (Å²) in [6, 6.07) is 6.70. The molecule has 0 spiro atoms. The summed E-state index contributed by atoms with van der Waals surface area (Å²) in [5, 5.41) is 10.8. The van der Waals surface area contributed by atoms with E-state index in [4.69, 9.17) is 16.3 Å². The van der Waals surface area contributed by atoms with Crippen molar-refractivity contribution in [2.24, 2.45) is 5.92 Å². The molecule has 1 fully saturated rings. The first kappa shape index (κ1) is 20.6. The molecule has 3 rings (SSSR count). The Hall–Kier alpha value is -2.12. The highest BCUT2D eigenvalue weighted by Crippen LogP contribution is 2.36. The van der Waals surface area contributed by atoms with E-state index in [-0.39, 0.29) is 29.4 Å². The maximum Gasteiger partial charge on any atom is 0.347 e. The van der Waals surface area contributed by atoms with E-state index in [2.05, 4.69) is 4.98 Å². The third kappa shape index (κ3) is 4.83. The van der Waals surface area contributed by atoms with Gasteiger partial charge in [0.25, 0.3) is 0 Å². The van der Waals surface area contributed by atoms with E-state index in [1.165, 1.54) is 0 Å². The highest BCUT2D eigenvalue weighted by Gasteiger charge is 2.33. The summed E-state index contributed by atoms with van der Waals surface area (Å²) in [6.45, 7) is 4.77. The molecule has 6 nitrogen and oxygen atoms in total. The van der Waals surface area contributed by atoms with Crippen LogP contribution >= 0.6 is 22.9 Å². The number of thiazole rings is 1. The minimum Gasteiger partial charge on any atom is -0.487 e. The number of likely N-dealkylation sites (tertiary alicyclic amines) is 1. The summed E-state index contributed by atoms with van der Waals surface area (Å²) in [5.41, 5.74) is 0.380. The van der Waals surface area contributed by atoms with Gasteiger partial charge in [0.1, 0.15) is 27.9 Å². The summed E-state index contributed by atoms with van der Waals surface area (Å²) in [5.74, 6) is -0.0621. The molecule has 2 aromatic rings. The van der Waals surface area contributed by atoms with Gasteiger partial charge in [-0.1, -0.05) is 25.4 Å². The number of carbonyl (C=O) groups is 2. The van der Waals surface area contributed by atoms with Gasteiger partial charge in [-0.3, -0.25) is 4.79 Å². The Labute approximate surface area is 173 Å². The second kappa shape index (κ2) is 8.92. The predicted octanol–water partition coefficient (Wildman–Crippen LogP) is 4.78. The molecule has 0 unspecified atom stereocenters. The minimum absolute atomic E-state index is 0.0480. The number of carbonyl (C=O) groups excluding carboxylic acids is 1. The molecule has 1 aliphatic heterocycles. The topological polar surface area (TPSA) is 79.7 Å². The van der Waals surface area contributed by atoms with Crippen LogP contribution in [0.15, 0.2) is 24.3 Å². The Morgan fingerprint density at radius 3 is 2.71 bits per heavy atom. The average molecular weight is 423 g/mol. The predicted molar refractivity (Wildman–Crippen MR) is 108 cm³/mol. The largest absolute Gasteiger partial charge is 0.487 e. The van der Waals surface area contributed by atoms with Crippen molar-refractivity contribution in [3.05, 3.63) is 44.9 Å². The first-order valence-electron chi connectivity index (χ1n) is 9.26. The van der Waals surface area contributed by atoms with Gasteiger partial charge in [-0.15, -0.1) is 11.3 Å². The van der Waals surface area contributed by atoms with Crippen molar-refractivity contribution in [2.45, 2.75) is 45.8 Å². The van der Waals surface area contributed by atoms with Crippen LogP contribution in [0.4, 0.5) is 0 Å². The number of hydrogen-bond donors (Lipinski definition) is 1. The standard InChI is InChI=1S/C20H23ClN2O4S/c1-12(2)10-17(24)23-9-3-4-16(23)19-22-15(18(28-19)20(25)26)11-27-14-7-5-13(21)6-8-14/h5-8,12,16H,3-4,9-11H2,1-2H3,(H,25,26)/t16-/m0/s1. The second-order valence-electron chi connectivity index (χ2n) is 7.22. The maximum atomic E-state index is 12.6. The van der Waals surface area contributed by atoms with Gasteiger partial charge in [-0.2, -0.15) is 0 Å². The molecule has 1 aromatic carbocycles. The lowest BCUT2D eigenvalue weighted by molar-refractivity contribution is -0.132. The van der Waals surface area contributed by atoms with E-state index < -0.39 is 5.97 Å². The molecule has 8 heteroatoms. The zero-order chi connectivity index (χ0) is 20.3. The highest BCUT2D eigenvalue weighted by molar-refractivity contribution is 7.13. The number of rotatable bonds is 7. The zero-order valence-electron chi connectivity index (χ0n) is 15.9. The van der Waals surface area contributed by atoms with E-state index in [1.807, 2.05) is 18.7 Å². The summed E-state index contributed by atoms with van der Waals surface area (Å²) in [4.78, 5) is 30.8. The van der Waals surface area contributed by atoms with Gasteiger partial charge in [0.05, 0.1) is 6.04 Å². The second-order valence-corrected chi connectivity index (χ2v) is 8.69. The van der Waals surface area contributed by atoms with Crippen LogP contribution in [0, 0.1) is 5.92 Å². The number of nitrogens with zero attached hydrogens (tertiary/aromatic N) is 2. The van der Waals surface area contributed by atoms with Crippen molar-refractivity contribution in [3.63, 3.8) is 0 Å². The van der Waals surface area contributed by atoms with Gasteiger partial charge in [0.2, 0.25) is 5.91 Å². The fourth-order valence-corrected chi connectivity index (χ4v) is 4.43. The number of carboxylic acids is 1. The first-order chi connectivity index (χ1) is 13.3. The van der Waals surface area contributed by atoms with E-state index >= 15 is 0 Å². The molecule has 1 N–H and O–H groups in total. The lowest BCUT2D eigenvalue weighted by Gasteiger charge is -2.24. The monoisotopic (exact) mass is 422 g/mol. The molecule has 28 heavy (non-hydrogen) atoms. The third-order valence-corrected chi connectivity index (χ3v) is 5.98. The van der Waals surface area contributed by atoms with Crippen LogP contribution < -0.4 is 4.74 Å². The Balaban J connectivity index is 1.78. The molecule has 1 saturated heterocycles. The number of benzene rings is 1. The van der Waals surface area contributed by atoms with E-state index in [0.29, 0.717) is 34.4 Å². The SMILES string of the molecule is CC(C)CC(=O)N1CCC[C@H]1c1nc(COc2ccc(Cl)cc2)c(C(=O)O)s1. The third-order valence-electron chi connectivity index (χ3n) is 4.54. The molecule has 1 amide bonds. The zero-order valence-corrected chi connectivity index (χ0v) is 17.4. The quantitative estimate of drug-likeness (QED) is 0.694. The van der Waals surface area contributed by atoms with E-state index in [9.17, 15) is 14.7 Å². The number of hydrogen-bond acceptors (Lipinski definition) is 5. The molecular weight excluding hydrogens is 400 g/mol. The van der Waals surface area contributed by atoms with Crippen LogP contribution in [-0.4, -0.2) is 33.4 Å². The van der Waals surface area contributed by atoms with Crippen molar-refractivity contribution in [3.8, 4) is 5.75 Å². The van der Waals surface area contributed by atoms with Crippen LogP contribution in [0.2, 0.25) is 5.02 Å². The molecule has 1 atom stereocenters. The van der Waals surface area contributed by atoms with Crippen molar-refractivity contribution < 1.29 is 19.4 Å². The highest BCUT2D eigenvalue weighted by atomic mass is 35.5. The maximum absolute atomic E-state index is 12.6. The van der Waals surface area contributed by atoms with Gasteiger partial charge in [-0.25, -0.2) is 9.78 Å². The fraction of sp³-hybridized carbons (Fsp3) is 0.450. The number of aromatic carboxylic acids is 1. The van der Waals surface area contributed by atoms with Crippen LogP contribution in [0.25, 0.3) is 0 Å². The molecule has 0 saturated carbocycles. The van der Waals surface area contributed by atoms with Crippen LogP contribution in [-0.2, 0) is 11.4 Å². The van der Waals surface area contributed by atoms with Gasteiger partial charge in [-0.05, 0) is 43.0 Å². The minimum atomic E-state index is -1.03. The Bertz CT molecular complexity index is 850. The van der Waals surface area contributed by atoms with E-state index in [0.717, 1.165) is 24.2 Å². The summed E-state index contributed by atoms with van der Waals surface area (Å²) < 4.78 is 5.68. The summed E-state index contributed by atoms with van der Waals surface area (Å²) >= 11 is 7.00. The first-order valence-corrected chi connectivity index (χ1v) is 10.4. The molecule has 2 heterocycles. The van der Waals surface area contributed by atoms with E-state index in [1.54, 1.807) is 24.3 Å². The summed E-state index contributed by atoms with van der Waals surface area (Å²) in [7, 11) is 0. The fourth-order valence-electron chi connectivity index (χ4n) is 3.25. The van der Waals surface area contributed by atoms with Gasteiger partial charge in [0.15, 0.2) is 0 Å². The molecule has 0 aliphatic carbocycles. The Kier molecular flexibility index (Phi) is 6.57. The molecule has 0 bridgehead atoms. The van der Waals surface area contributed by atoms with Crippen LogP contribution in [0.5, 0.6) is 5.75 Å². The number of aromatic nitrogens is 1. The van der Waals surface area contributed by atoms with Gasteiger partial charge in [0, 0.05) is 18.0 Å². The lowest BCUT2D eigenvalue weighted by atomic mass is 10.1. The van der Waals surface area contributed by atoms with Gasteiger partial charge < -0.3 is 14.7 Å². The number of ether oxygens (including phenoxy) is 1. The average Bonchev–Trinajstić information content (AvgIpc) is 3.27. The smallest absolute Gasteiger partial charge is 0.347 e. The number of halogens is 1. The lowest BCUT2D eigenvalue weighted by Crippen LogP contribution is -2.31. The molecular formula is C20H23ClN2O4S. The Morgan fingerprint density at radius 2 is 2.07 bits per heavy atom. The van der Waals surface area contributed by atoms with Crippen LogP contribution in [0.3, 0.4) is 0 Å². The summed E-state index contributed by atoms with van der Waals surface area (Å²) in [6.07, 6.45) is 2.18.